The summed E-state index contributed by atoms with van der Waals surface area (Å²) in [6, 6.07) is 7.36. The molecule has 2 rings (SSSR count). The van der Waals surface area contributed by atoms with Gasteiger partial charge in [-0.25, -0.2) is 4.39 Å². The van der Waals surface area contributed by atoms with Gasteiger partial charge in [0.15, 0.2) is 0 Å². The van der Waals surface area contributed by atoms with E-state index in [9.17, 15) is 4.39 Å². The molecule has 1 aromatic rings. The molecule has 94 valence electrons. The van der Waals surface area contributed by atoms with Crippen molar-refractivity contribution in [2.75, 3.05) is 45.2 Å². The monoisotopic (exact) mass is 237 g/mol. The van der Waals surface area contributed by atoms with Gasteiger partial charge in [0.2, 0.25) is 0 Å². The number of rotatable bonds is 3. The molecule has 1 N–H and O–H groups in total. The summed E-state index contributed by atoms with van der Waals surface area (Å²) in [4.78, 5) is 4.46. The number of nitrogens with zero attached hydrogens (tertiary/aromatic N) is 2. The number of anilines is 1. The van der Waals surface area contributed by atoms with Crippen molar-refractivity contribution in [1.82, 2.24) is 10.2 Å². The fourth-order valence-corrected chi connectivity index (χ4v) is 2.42. The van der Waals surface area contributed by atoms with Crippen LogP contribution in [0.2, 0.25) is 0 Å². The minimum absolute atomic E-state index is 0.127. The van der Waals surface area contributed by atoms with E-state index in [1.165, 1.54) is 6.07 Å². The van der Waals surface area contributed by atoms with Crippen LogP contribution in [0.15, 0.2) is 24.3 Å². The fourth-order valence-electron chi connectivity index (χ4n) is 2.42. The minimum atomic E-state index is -0.127. The van der Waals surface area contributed by atoms with Crippen LogP contribution in [0.5, 0.6) is 0 Å². The molecule has 17 heavy (non-hydrogen) atoms. The molecule has 0 bridgehead atoms. The normalized spacial score (nSPS) is 21.8. The van der Waals surface area contributed by atoms with Gasteiger partial charge in [-0.05, 0) is 26.2 Å². The van der Waals surface area contributed by atoms with Crippen molar-refractivity contribution in [3.8, 4) is 0 Å². The predicted octanol–water partition coefficient (Wildman–Crippen LogP) is 1.17. The Kier molecular flexibility index (Phi) is 3.97. The lowest BCUT2D eigenvalue weighted by Crippen LogP contribution is -2.55. The van der Waals surface area contributed by atoms with Crippen molar-refractivity contribution in [2.24, 2.45) is 0 Å². The van der Waals surface area contributed by atoms with Crippen LogP contribution in [0.4, 0.5) is 10.1 Å². The summed E-state index contributed by atoms with van der Waals surface area (Å²) in [5.74, 6) is -0.127. The van der Waals surface area contributed by atoms with Gasteiger partial charge in [0.05, 0.1) is 11.7 Å². The summed E-state index contributed by atoms with van der Waals surface area (Å²) in [6.07, 6.45) is 0. The van der Waals surface area contributed by atoms with Crippen LogP contribution < -0.4 is 10.2 Å². The first-order valence-electron chi connectivity index (χ1n) is 6.06. The number of nitrogens with one attached hydrogen (secondary N) is 1. The van der Waals surface area contributed by atoms with Crippen LogP contribution in [-0.4, -0.2) is 51.2 Å². The second-order valence-corrected chi connectivity index (χ2v) is 4.62. The quantitative estimate of drug-likeness (QED) is 0.851. The van der Waals surface area contributed by atoms with Gasteiger partial charge < -0.3 is 15.1 Å². The first-order chi connectivity index (χ1) is 8.22. The number of likely N-dealkylation sites (N-methyl/N-ethyl adjacent to an activating group) is 2. The Labute approximate surface area is 102 Å². The van der Waals surface area contributed by atoms with Crippen LogP contribution in [-0.2, 0) is 0 Å². The van der Waals surface area contributed by atoms with E-state index in [2.05, 4.69) is 22.2 Å². The molecule has 4 heteroatoms. The van der Waals surface area contributed by atoms with E-state index in [1.807, 2.05) is 19.2 Å². The number of halogens is 1. The maximum Gasteiger partial charge on any atom is 0.146 e. The van der Waals surface area contributed by atoms with E-state index in [1.54, 1.807) is 6.07 Å². The topological polar surface area (TPSA) is 18.5 Å². The van der Waals surface area contributed by atoms with Gasteiger partial charge in [-0.3, -0.25) is 0 Å². The van der Waals surface area contributed by atoms with Crippen LogP contribution in [0.3, 0.4) is 0 Å². The van der Waals surface area contributed by atoms with Crippen LogP contribution in [0.1, 0.15) is 0 Å². The highest BCUT2D eigenvalue weighted by molar-refractivity contribution is 5.49. The second kappa shape index (κ2) is 5.47. The summed E-state index contributed by atoms with van der Waals surface area (Å²) >= 11 is 0. The second-order valence-electron chi connectivity index (χ2n) is 4.62. The Morgan fingerprint density at radius 1 is 1.35 bits per heavy atom. The Morgan fingerprint density at radius 2 is 2.12 bits per heavy atom. The van der Waals surface area contributed by atoms with Gasteiger partial charge in [-0.15, -0.1) is 0 Å². The molecular formula is C13H20FN3. The lowest BCUT2D eigenvalue weighted by molar-refractivity contribution is 0.263. The Bertz CT molecular complexity index is 369. The van der Waals surface area contributed by atoms with Gasteiger partial charge in [0.1, 0.15) is 5.82 Å². The zero-order chi connectivity index (χ0) is 12.3. The van der Waals surface area contributed by atoms with Gasteiger partial charge in [-0.1, -0.05) is 12.1 Å². The van der Waals surface area contributed by atoms with Crippen molar-refractivity contribution in [3.63, 3.8) is 0 Å². The van der Waals surface area contributed by atoms with E-state index in [-0.39, 0.29) is 5.82 Å². The predicted molar refractivity (Wildman–Crippen MR) is 69.0 cm³/mol. The molecule has 1 aromatic carbocycles. The third kappa shape index (κ3) is 2.76. The average molecular weight is 237 g/mol. The Hall–Kier alpha value is -1.13. The summed E-state index contributed by atoms with van der Waals surface area (Å²) in [6.45, 7) is 3.70. The lowest BCUT2D eigenvalue weighted by atomic mass is 10.1. The van der Waals surface area contributed by atoms with E-state index in [0.29, 0.717) is 6.04 Å². The largest absolute Gasteiger partial charge is 0.362 e. The maximum atomic E-state index is 13.8. The van der Waals surface area contributed by atoms with Crippen molar-refractivity contribution in [2.45, 2.75) is 6.04 Å². The first-order valence-corrected chi connectivity index (χ1v) is 6.06. The SMILES string of the molecule is CNCC1CN(C)CCN1c1ccccc1F. The zero-order valence-corrected chi connectivity index (χ0v) is 10.5. The van der Waals surface area contributed by atoms with E-state index in [4.69, 9.17) is 0 Å². The average Bonchev–Trinajstić information content (AvgIpc) is 2.31. The van der Waals surface area contributed by atoms with Crippen LogP contribution >= 0.6 is 0 Å². The standard InChI is InChI=1S/C13H20FN3/c1-15-9-11-10-16(2)7-8-17(11)13-6-4-3-5-12(13)14/h3-6,11,15H,7-10H2,1-2H3. The molecule has 1 aliphatic heterocycles. The molecule has 1 fully saturated rings. The highest BCUT2D eigenvalue weighted by Gasteiger charge is 2.26. The molecule has 1 unspecified atom stereocenters. The van der Waals surface area contributed by atoms with E-state index < -0.39 is 0 Å². The molecule has 3 nitrogen and oxygen atoms in total. The minimum Gasteiger partial charge on any atom is -0.362 e. The number of para-hydroxylation sites is 1. The van der Waals surface area contributed by atoms with Crippen molar-refractivity contribution in [1.29, 1.82) is 0 Å². The van der Waals surface area contributed by atoms with Crippen molar-refractivity contribution in [3.05, 3.63) is 30.1 Å². The van der Waals surface area contributed by atoms with Gasteiger partial charge in [0, 0.05) is 26.2 Å². The van der Waals surface area contributed by atoms with Gasteiger partial charge in [0.25, 0.3) is 0 Å². The molecule has 1 atom stereocenters. The zero-order valence-electron chi connectivity index (χ0n) is 10.5. The molecule has 0 spiro atoms. The Morgan fingerprint density at radius 3 is 2.82 bits per heavy atom. The summed E-state index contributed by atoms with van der Waals surface area (Å²) in [7, 11) is 4.05. The fraction of sp³-hybridized carbons (Fsp3) is 0.538. The van der Waals surface area contributed by atoms with Crippen LogP contribution in [0, 0.1) is 5.82 Å². The molecule has 0 radical (unpaired) electrons. The molecule has 0 amide bonds. The van der Waals surface area contributed by atoms with Crippen molar-refractivity contribution < 1.29 is 4.39 Å². The highest BCUT2D eigenvalue weighted by Crippen LogP contribution is 2.23. The maximum absolute atomic E-state index is 13.8. The lowest BCUT2D eigenvalue weighted by Gasteiger charge is -2.41. The molecule has 1 aliphatic rings. The molecule has 0 saturated carbocycles. The smallest absolute Gasteiger partial charge is 0.146 e. The number of hydrogen-bond donors (Lipinski definition) is 1. The summed E-state index contributed by atoms with van der Waals surface area (Å²) < 4.78 is 13.8. The highest BCUT2D eigenvalue weighted by atomic mass is 19.1. The molecule has 0 aromatic heterocycles. The van der Waals surface area contributed by atoms with Crippen molar-refractivity contribution >= 4 is 5.69 Å². The summed E-state index contributed by atoms with van der Waals surface area (Å²) in [5.41, 5.74) is 0.723. The van der Waals surface area contributed by atoms with Crippen LogP contribution in [0.25, 0.3) is 0 Å². The molecule has 0 aliphatic carbocycles. The number of benzene rings is 1. The van der Waals surface area contributed by atoms with E-state index in [0.717, 1.165) is 31.9 Å². The molecular weight excluding hydrogens is 217 g/mol. The number of hydrogen-bond acceptors (Lipinski definition) is 3. The van der Waals surface area contributed by atoms with E-state index >= 15 is 0 Å². The molecule has 1 saturated heterocycles. The first kappa shape index (κ1) is 12.3. The Balaban J connectivity index is 2.20. The third-order valence-corrected chi connectivity index (χ3v) is 3.29. The number of piperazine rings is 1. The third-order valence-electron chi connectivity index (χ3n) is 3.29. The summed E-state index contributed by atoms with van der Waals surface area (Å²) in [5, 5.41) is 3.19. The molecule has 1 heterocycles. The van der Waals surface area contributed by atoms with Gasteiger partial charge in [-0.2, -0.15) is 0 Å². The van der Waals surface area contributed by atoms with Gasteiger partial charge >= 0.3 is 0 Å².